The van der Waals surface area contributed by atoms with Crippen LogP contribution in [0.4, 0.5) is 0 Å². The van der Waals surface area contributed by atoms with Crippen molar-refractivity contribution in [1.29, 1.82) is 0 Å². The Kier molecular flexibility index (Phi) is 5.33. The zero-order valence-electron chi connectivity index (χ0n) is 17.0. The van der Waals surface area contributed by atoms with Crippen LogP contribution in [0.15, 0.2) is 52.9 Å². The van der Waals surface area contributed by atoms with Crippen molar-refractivity contribution in [1.82, 2.24) is 0 Å². The van der Waals surface area contributed by atoms with E-state index in [-0.39, 0.29) is 16.9 Å². The number of aryl methyl sites for hydroxylation is 1. The van der Waals surface area contributed by atoms with Gasteiger partial charge in [0.2, 0.25) is 0 Å². The Bertz CT molecular complexity index is 1170. The van der Waals surface area contributed by atoms with Gasteiger partial charge in [0.25, 0.3) is 0 Å². The minimum atomic E-state index is -0.890. The third-order valence-electron chi connectivity index (χ3n) is 5.48. The normalized spacial score (nSPS) is 15.3. The van der Waals surface area contributed by atoms with Crippen molar-refractivity contribution in [3.8, 4) is 17.1 Å². The van der Waals surface area contributed by atoms with E-state index >= 15 is 0 Å². The molecule has 0 saturated carbocycles. The monoisotopic (exact) mass is 420 g/mol. The summed E-state index contributed by atoms with van der Waals surface area (Å²) >= 11 is 0. The lowest BCUT2D eigenvalue weighted by molar-refractivity contribution is 0.0550. The highest BCUT2D eigenvalue weighted by atomic mass is 16.5. The van der Waals surface area contributed by atoms with Gasteiger partial charge in [0.1, 0.15) is 22.8 Å². The lowest BCUT2D eigenvalue weighted by Crippen LogP contribution is -2.24. The zero-order valence-corrected chi connectivity index (χ0v) is 17.0. The molecule has 3 aromatic rings. The van der Waals surface area contributed by atoms with Crippen LogP contribution in [0.25, 0.3) is 11.3 Å². The minimum Gasteiger partial charge on any atom is -0.507 e. The van der Waals surface area contributed by atoms with Crippen molar-refractivity contribution in [2.75, 3.05) is 14.2 Å². The maximum Gasteiger partial charge on any atom is 0.342 e. The molecule has 158 valence electrons. The van der Waals surface area contributed by atoms with Gasteiger partial charge in [0, 0.05) is 17.9 Å². The van der Waals surface area contributed by atoms with E-state index in [1.54, 1.807) is 6.07 Å². The Hall–Kier alpha value is -3.87. The Morgan fingerprint density at radius 3 is 2.35 bits per heavy atom. The zero-order chi connectivity index (χ0) is 22.1. The molecule has 1 heterocycles. The molecule has 0 radical (unpaired) electrons. The maximum absolute atomic E-state index is 13.4. The number of aromatic hydroxyl groups is 1. The van der Waals surface area contributed by atoms with Crippen LogP contribution in [0.3, 0.4) is 0 Å². The number of Topliss-reactive ketones (excluding diaryl/α,β-unsaturated/α-hetero) is 1. The van der Waals surface area contributed by atoms with Crippen molar-refractivity contribution < 1.29 is 33.4 Å². The molecule has 0 unspecified atom stereocenters. The second-order valence-electron chi connectivity index (χ2n) is 7.18. The van der Waals surface area contributed by atoms with Gasteiger partial charge in [-0.1, -0.05) is 36.4 Å². The average molecular weight is 420 g/mol. The van der Waals surface area contributed by atoms with E-state index in [9.17, 15) is 19.5 Å². The van der Waals surface area contributed by atoms with E-state index < -0.39 is 23.6 Å². The van der Waals surface area contributed by atoms with E-state index in [1.807, 2.05) is 30.3 Å². The predicted octanol–water partition coefficient (Wildman–Crippen LogP) is 4.14. The number of phenols is 1. The number of ketones is 1. The molecule has 0 amide bonds. The number of carbonyl (C=O) groups is 3. The number of methoxy groups -OCH3 is 2. The summed E-state index contributed by atoms with van der Waals surface area (Å²) in [5.41, 5.74) is 1.13. The highest BCUT2D eigenvalue weighted by Crippen LogP contribution is 2.40. The topological polar surface area (TPSA) is 103 Å². The molecule has 0 saturated heterocycles. The summed E-state index contributed by atoms with van der Waals surface area (Å²) in [7, 11) is 2.31. The van der Waals surface area contributed by atoms with E-state index in [0.717, 1.165) is 12.7 Å². The quantitative estimate of drug-likeness (QED) is 0.633. The summed E-state index contributed by atoms with van der Waals surface area (Å²) < 4.78 is 15.5. The standard InChI is InChI=1S/C24H20O7/c1-29-23(27)20-14(8-10-17(25)21(20)24(28)30-2)15-9-11-18-16(22(15)26)12-19(31-18)13-6-4-3-5-7-13/h3-8,10,12,15,25H,9,11H2,1-2H3/t15-/m1/s1. The second-order valence-corrected chi connectivity index (χ2v) is 7.18. The van der Waals surface area contributed by atoms with Crippen LogP contribution >= 0.6 is 0 Å². The van der Waals surface area contributed by atoms with Crippen LogP contribution in [0.1, 0.15) is 54.7 Å². The van der Waals surface area contributed by atoms with Crippen LogP contribution < -0.4 is 0 Å². The first-order valence-electron chi connectivity index (χ1n) is 9.71. The fourth-order valence-electron chi connectivity index (χ4n) is 3.99. The number of esters is 2. The number of carbonyl (C=O) groups excluding carboxylic acids is 3. The van der Waals surface area contributed by atoms with Gasteiger partial charge in [0.05, 0.1) is 25.3 Å². The van der Waals surface area contributed by atoms with E-state index in [1.165, 1.54) is 19.2 Å². The van der Waals surface area contributed by atoms with Crippen molar-refractivity contribution >= 4 is 17.7 Å². The van der Waals surface area contributed by atoms with Gasteiger partial charge < -0.3 is 19.0 Å². The van der Waals surface area contributed by atoms with Crippen LogP contribution in [0, 0.1) is 0 Å². The summed E-state index contributed by atoms with van der Waals surface area (Å²) in [5, 5.41) is 10.2. The molecular formula is C24H20O7. The van der Waals surface area contributed by atoms with Crippen LogP contribution in [0.2, 0.25) is 0 Å². The fourth-order valence-corrected chi connectivity index (χ4v) is 3.99. The molecule has 1 aliphatic rings. The molecule has 1 aromatic heterocycles. The highest BCUT2D eigenvalue weighted by Gasteiger charge is 2.37. The SMILES string of the molecule is COC(=O)c1c(O)ccc([C@H]2CCc3oc(-c4ccccc4)cc3C2=O)c1C(=O)OC. The Morgan fingerprint density at radius 2 is 1.68 bits per heavy atom. The molecule has 0 bridgehead atoms. The number of hydrogen-bond donors (Lipinski definition) is 1. The van der Waals surface area contributed by atoms with Crippen molar-refractivity contribution in [3.63, 3.8) is 0 Å². The average Bonchev–Trinajstić information content (AvgIpc) is 3.24. The molecular weight excluding hydrogens is 400 g/mol. The molecule has 7 nitrogen and oxygen atoms in total. The smallest absolute Gasteiger partial charge is 0.342 e. The molecule has 2 aromatic carbocycles. The Morgan fingerprint density at radius 1 is 1.00 bits per heavy atom. The van der Waals surface area contributed by atoms with Crippen LogP contribution in [0.5, 0.6) is 5.75 Å². The summed E-state index contributed by atoms with van der Waals surface area (Å²) in [6.45, 7) is 0. The van der Waals surface area contributed by atoms with E-state index in [4.69, 9.17) is 13.9 Å². The first kappa shape index (κ1) is 20.4. The fraction of sp³-hybridized carbons (Fsp3) is 0.208. The van der Waals surface area contributed by atoms with Gasteiger partial charge in [-0.25, -0.2) is 9.59 Å². The summed E-state index contributed by atoms with van der Waals surface area (Å²) in [4.78, 5) is 38.2. The first-order chi connectivity index (χ1) is 15.0. The number of fused-ring (bicyclic) bond motifs is 1. The lowest BCUT2D eigenvalue weighted by atomic mass is 9.79. The number of phenolic OH excluding ortho intramolecular Hbond substituents is 1. The van der Waals surface area contributed by atoms with Crippen LogP contribution in [-0.4, -0.2) is 37.0 Å². The highest BCUT2D eigenvalue weighted by molar-refractivity contribution is 6.09. The maximum atomic E-state index is 13.4. The van der Waals surface area contributed by atoms with Crippen molar-refractivity contribution in [3.05, 3.63) is 76.5 Å². The number of furan rings is 1. The molecule has 0 fully saturated rings. The molecule has 1 N–H and O–H groups in total. The van der Waals surface area contributed by atoms with Gasteiger partial charge in [-0.15, -0.1) is 0 Å². The molecule has 1 atom stereocenters. The predicted molar refractivity (Wildman–Crippen MR) is 110 cm³/mol. The van der Waals surface area contributed by atoms with Crippen LogP contribution in [-0.2, 0) is 15.9 Å². The van der Waals surface area contributed by atoms with Gasteiger partial charge in [-0.3, -0.25) is 4.79 Å². The number of ether oxygens (including phenoxy) is 2. The Labute approximate surface area is 178 Å². The molecule has 4 rings (SSSR count). The summed E-state index contributed by atoms with van der Waals surface area (Å²) in [5.74, 6) is -1.89. The van der Waals surface area contributed by atoms with Gasteiger partial charge in [0.15, 0.2) is 5.78 Å². The summed E-state index contributed by atoms with van der Waals surface area (Å²) in [6, 6.07) is 13.9. The minimum absolute atomic E-state index is 0.164. The number of hydrogen-bond acceptors (Lipinski definition) is 7. The molecule has 0 spiro atoms. The molecule has 31 heavy (non-hydrogen) atoms. The third kappa shape index (κ3) is 3.48. The van der Waals surface area contributed by atoms with Gasteiger partial charge in [-0.2, -0.15) is 0 Å². The number of benzene rings is 2. The third-order valence-corrected chi connectivity index (χ3v) is 5.48. The first-order valence-corrected chi connectivity index (χ1v) is 9.71. The Balaban J connectivity index is 1.80. The second kappa shape index (κ2) is 8.10. The van der Waals surface area contributed by atoms with Gasteiger partial charge >= 0.3 is 11.9 Å². The van der Waals surface area contributed by atoms with Gasteiger partial charge in [-0.05, 0) is 24.1 Å². The van der Waals surface area contributed by atoms with Crippen molar-refractivity contribution in [2.24, 2.45) is 0 Å². The lowest BCUT2D eigenvalue weighted by Gasteiger charge is -2.23. The van der Waals surface area contributed by atoms with Crippen molar-refractivity contribution in [2.45, 2.75) is 18.8 Å². The summed E-state index contributed by atoms with van der Waals surface area (Å²) in [6.07, 6.45) is 0.858. The molecule has 0 aliphatic heterocycles. The van der Waals surface area contributed by atoms with E-state index in [0.29, 0.717) is 35.5 Å². The van der Waals surface area contributed by atoms with E-state index in [2.05, 4.69) is 0 Å². The largest absolute Gasteiger partial charge is 0.507 e. The molecule has 1 aliphatic carbocycles. The number of rotatable bonds is 4. The molecule has 7 heteroatoms.